The molecule has 0 spiro atoms. The minimum atomic E-state index is -0.219. The van der Waals surface area contributed by atoms with Crippen molar-refractivity contribution in [2.24, 2.45) is 5.73 Å². The van der Waals surface area contributed by atoms with Gasteiger partial charge in [0.25, 0.3) is 0 Å². The Balaban J connectivity index is 0.00000169. The fraction of sp³-hybridized carbons (Fsp3) is 0.444. The molecule has 4 heteroatoms. The molecule has 1 amide bonds. The van der Waals surface area contributed by atoms with Crippen molar-refractivity contribution in [2.75, 3.05) is 7.05 Å². The lowest BCUT2D eigenvalue weighted by Crippen LogP contribution is -2.50. The molecule has 1 aliphatic rings. The first kappa shape index (κ1) is 9.64. The first-order valence-corrected chi connectivity index (χ1v) is 4.14. The van der Waals surface area contributed by atoms with Gasteiger partial charge in [0.05, 0.1) is 5.70 Å². The Morgan fingerprint density at radius 3 is 2.77 bits per heavy atom. The second-order valence-electron chi connectivity index (χ2n) is 3.32. The second-order valence-corrected chi connectivity index (χ2v) is 3.32. The Bertz CT molecular complexity index is 298. The summed E-state index contributed by atoms with van der Waals surface area (Å²) >= 11 is 0. The maximum absolute atomic E-state index is 11.4. The third kappa shape index (κ3) is 1.52. The highest BCUT2D eigenvalue weighted by Crippen LogP contribution is 2.16. The molecule has 1 atom stereocenters. The molecule has 0 fully saturated rings. The van der Waals surface area contributed by atoms with Gasteiger partial charge in [0.1, 0.15) is 11.9 Å². The van der Waals surface area contributed by atoms with Crippen molar-refractivity contribution < 1.29 is 6.22 Å². The molecule has 0 saturated heterocycles. The molecule has 0 aromatic carbocycles. The van der Waals surface area contributed by atoms with E-state index in [9.17, 15) is 4.79 Å². The number of allylic oxidation sites excluding steroid dienone is 1. The van der Waals surface area contributed by atoms with Crippen LogP contribution in [0.5, 0.6) is 0 Å². The highest BCUT2D eigenvalue weighted by Gasteiger charge is 2.27. The number of nitrogens with one attached hydrogen (secondary N) is 1. The summed E-state index contributed by atoms with van der Waals surface area (Å²) in [5.74, 6) is 0.523. The summed E-state index contributed by atoms with van der Waals surface area (Å²) in [6.45, 7) is 7.36. The molecule has 0 saturated carbocycles. The number of likely N-dealkylation sites (N-methyl/N-ethyl adjacent to an activating group) is 1. The van der Waals surface area contributed by atoms with Crippen molar-refractivity contribution in [3.8, 4) is 0 Å². The van der Waals surface area contributed by atoms with Crippen LogP contribution in [-0.4, -0.2) is 23.9 Å². The molecule has 0 bridgehead atoms. The van der Waals surface area contributed by atoms with Crippen LogP contribution in [0.25, 0.3) is 0 Å². The number of amides is 1. The van der Waals surface area contributed by atoms with Gasteiger partial charge in [0.15, 0.2) is 0 Å². The van der Waals surface area contributed by atoms with Crippen LogP contribution < -0.4 is 11.1 Å². The maximum Gasteiger partial charge on any atom is 0.246 e. The summed E-state index contributed by atoms with van der Waals surface area (Å²) in [4.78, 5) is 13.1. The van der Waals surface area contributed by atoms with E-state index >= 15 is 0 Å². The topological polar surface area (TPSA) is 58.4 Å². The molecule has 1 heterocycles. The number of nitrogens with zero attached hydrogens (tertiary/aromatic N) is 1. The van der Waals surface area contributed by atoms with Gasteiger partial charge in [0, 0.05) is 8.47 Å². The van der Waals surface area contributed by atoms with Gasteiger partial charge in [-0.1, -0.05) is 6.58 Å². The van der Waals surface area contributed by atoms with Crippen molar-refractivity contribution in [2.45, 2.75) is 19.9 Å². The summed E-state index contributed by atoms with van der Waals surface area (Å²) in [7, 11) is 1.79. The third-order valence-corrected chi connectivity index (χ3v) is 2.27. The number of hydrogen-bond donors (Lipinski definition) is 2. The zero-order valence-corrected chi connectivity index (χ0v) is 8.22. The molecule has 0 aromatic rings. The summed E-state index contributed by atoms with van der Waals surface area (Å²) in [5.41, 5.74) is 7.20. The molecule has 0 aliphatic carbocycles. The van der Waals surface area contributed by atoms with E-state index in [0.717, 1.165) is 5.57 Å². The average molecular weight is 183 g/mol. The van der Waals surface area contributed by atoms with E-state index in [2.05, 4.69) is 11.9 Å². The Kier molecular flexibility index (Phi) is 2.32. The van der Waals surface area contributed by atoms with E-state index in [4.69, 9.17) is 5.73 Å². The summed E-state index contributed by atoms with van der Waals surface area (Å²) in [6, 6.07) is -0.219. The lowest BCUT2D eigenvalue weighted by Gasteiger charge is -2.33. The van der Waals surface area contributed by atoms with Crippen LogP contribution in [0.4, 0.5) is 0 Å². The predicted molar refractivity (Wildman–Crippen MR) is 53.5 cm³/mol. The second kappa shape index (κ2) is 3.12. The van der Waals surface area contributed by atoms with Crippen LogP contribution in [0.2, 0.25) is 0 Å². The molecule has 13 heavy (non-hydrogen) atoms. The number of carbonyl (C=O) groups excluding carboxylic acids is 1. The van der Waals surface area contributed by atoms with Crippen molar-refractivity contribution in [1.29, 1.82) is 0 Å². The van der Waals surface area contributed by atoms with E-state index in [-0.39, 0.29) is 13.4 Å². The van der Waals surface area contributed by atoms with E-state index in [1.807, 2.05) is 6.92 Å². The first-order valence-electron chi connectivity index (χ1n) is 4.14. The Morgan fingerprint density at radius 2 is 2.31 bits per heavy atom. The van der Waals surface area contributed by atoms with Crippen LogP contribution in [0, 0.1) is 0 Å². The monoisotopic (exact) mass is 183 g/mol. The maximum atomic E-state index is 11.4. The van der Waals surface area contributed by atoms with Gasteiger partial charge < -0.3 is 16.0 Å². The summed E-state index contributed by atoms with van der Waals surface area (Å²) in [6.07, 6.45) is 0. The van der Waals surface area contributed by atoms with Gasteiger partial charge in [0.2, 0.25) is 5.91 Å². The van der Waals surface area contributed by atoms with Gasteiger partial charge in [-0.05, 0) is 19.4 Å². The average Bonchev–Trinajstić information content (AvgIpc) is 2.07. The molecule has 1 rings (SSSR count). The van der Waals surface area contributed by atoms with Crippen LogP contribution in [-0.2, 0) is 4.79 Å². The van der Waals surface area contributed by atoms with E-state index < -0.39 is 0 Å². The van der Waals surface area contributed by atoms with Gasteiger partial charge >= 0.3 is 0 Å². The zero-order valence-electron chi connectivity index (χ0n) is 8.22. The lowest BCUT2D eigenvalue weighted by molar-refractivity contribution is -0.125. The molecular formula is C9H17N3O. The number of rotatable bonds is 1. The largest absolute Gasteiger partial charge is 0.384 e. The molecule has 4 nitrogen and oxygen atoms in total. The van der Waals surface area contributed by atoms with Crippen LogP contribution in [0.1, 0.15) is 15.3 Å². The fourth-order valence-corrected chi connectivity index (χ4v) is 1.18. The predicted octanol–water partition coefficient (Wildman–Crippen LogP) is 0.386. The summed E-state index contributed by atoms with van der Waals surface area (Å²) < 4.78 is 0. The van der Waals surface area contributed by atoms with Crippen molar-refractivity contribution in [3.63, 3.8) is 0 Å². The van der Waals surface area contributed by atoms with Crippen molar-refractivity contribution in [3.05, 3.63) is 23.7 Å². The minimum absolute atomic E-state index is 0. The molecule has 3 N–H and O–H groups in total. The van der Waals surface area contributed by atoms with Crippen LogP contribution in [0.3, 0.4) is 0 Å². The number of hydrogen-bond acceptors (Lipinski definition) is 3. The minimum Gasteiger partial charge on any atom is -0.384 e. The first-order chi connectivity index (χ1) is 5.95. The third-order valence-electron chi connectivity index (χ3n) is 2.27. The van der Waals surface area contributed by atoms with Crippen LogP contribution >= 0.6 is 0 Å². The standard InChI is InChI=1S/C9H15N3O.H2/c1-5(2)7-8(10)12(4)6(3)9(13)11-7;/h6H,1,10H2,2-4H3,(H,11,13);1H/t6-;/m0./s1. The lowest BCUT2D eigenvalue weighted by atomic mass is 10.1. The zero-order chi connectivity index (χ0) is 10.2. The number of carbonyl (C=O) groups is 1. The van der Waals surface area contributed by atoms with E-state index in [1.165, 1.54) is 0 Å². The molecule has 0 aromatic heterocycles. The molecule has 74 valence electrons. The van der Waals surface area contributed by atoms with Gasteiger partial charge in [-0.3, -0.25) is 4.79 Å². The van der Waals surface area contributed by atoms with Gasteiger partial charge in [-0.15, -0.1) is 0 Å². The SMILES string of the molecule is C=C(C)C1=C(N)N(C)[C@@H](C)C(=O)N1.[HH]. The Hall–Kier alpha value is -1.45. The van der Waals surface area contributed by atoms with Gasteiger partial charge in [-0.2, -0.15) is 0 Å². The summed E-state index contributed by atoms with van der Waals surface area (Å²) in [5, 5.41) is 2.72. The number of nitrogens with two attached hydrogens (primary N) is 1. The molecule has 0 radical (unpaired) electrons. The van der Waals surface area contributed by atoms with Crippen molar-refractivity contribution >= 4 is 5.91 Å². The smallest absolute Gasteiger partial charge is 0.246 e. The molecular weight excluding hydrogens is 166 g/mol. The van der Waals surface area contributed by atoms with E-state index in [0.29, 0.717) is 11.5 Å². The normalized spacial score (nSPS) is 23.2. The Morgan fingerprint density at radius 1 is 1.77 bits per heavy atom. The van der Waals surface area contributed by atoms with Crippen molar-refractivity contribution in [1.82, 2.24) is 10.2 Å². The van der Waals surface area contributed by atoms with E-state index in [1.54, 1.807) is 18.9 Å². The fourth-order valence-electron chi connectivity index (χ4n) is 1.18. The molecule has 1 aliphatic heterocycles. The molecule has 0 unspecified atom stereocenters. The highest BCUT2D eigenvalue weighted by atomic mass is 16.2. The van der Waals surface area contributed by atoms with Crippen LogP contribution in [0.15, 0.2) is 23.7 Å². The van der Waals surface area contributed by atoms with Gasteiger partial charge in [-0.25, -0.2) is 0 Å². The highest BCUT2D eigenvalue weighted by molar-refractivity contribution is 5.85. The quantitative estimate of drug-likeness (QED) is 0.618. The Labute approximate surface area is 79.6 Å².